The van der Waals surface area contributed by atoms with Crippen molar-refractivity contribution in [1.82, 2.24) is 9.80 Å². The first-order valence-electron chi connectivity index (χ1n) is 5.52. The number of barbiturate groups is 1. The van der Waals surface area contributed by atoms with E-state index in [4.69, 9.17) is 0 Å². The maximum absolute atomic E-state index is 11.8. The lowest BCUT2D eigenvalue weighted by molar-refractivity contribution is -0.144. The van der Waals surface area contributed by atoms with Gasteiger partial charge in [0.1, 0.15) is 0 Å². The number of nitrogens with zero attached hydrogens (tertiary/aromatic N) is 3. The number of imide groups is 2. The molecule has 0 radical (unpaired) electrons. The lowest BCUT2D eigenvalue weighted by Gasteiger charge is -2.31. The van der Waals surface area contributed by atoms with E-state index < -0.39 is 23.8 Å². The van der Waals surface area contributed by atoms with Crippen LogP contribution in [0.15, 0.2) is 4.99 Å². The first kappa shape index (κ1) is 13.3. The van der Waals surface area contributed by atoms with Gasteiger partial charge in [-0.1, -0.05) is 6.92 Å². The van der Waals surface area contributed by atoms with Gasteiger partial charge in [-0.15, -0.1) is 0 Å². The average Bonchev–Trinajstić information content (AvgIpc) is 2.33. The molecule has 0 bridgehead atoms. The number of amides is 4. The molecule has 1 fully saturated rings. The number of aliphatic imine (C=N–C) groups is 1. The maximum Gasteiger partial charge on any atom is 0.332 e. The molecule has 0 aromatic rings. The van der Waals surface area contributed by atoms with Crippen molar-refractivity contribution in [2.45, 2.75) is 26.3 Å². The maximum atomic E-state index is 11.8. The second-order valence-electron chi connectivity index (χ2n) is 4.11. The minimum absolute atomic E-state index is 0.0591. The predicted octanol–water partition coefficient (Wildman–Crippen LogP) is 0.522. The molecule has 1 atom stereocenters. The Morgan fingerprint density at radius 2 is 1.71 bits per heavy atom. The zero-order valence-electron chi connectivity index (χ0n) is 10.5. The zero-order valence-corrected chi connectivity index (χ0v) is 10.5. The normalized spacial score (nSPS) is 20.6. The summed E-state index contributed by atoms with van der Waals surface area (Å²) in [6.45, 7) is 3.86. The van der Waals surface area contributed by atoms with Gasteiger partial charge in [0.25, 0.3) is 0 Å². The molecule has 1 heterocycles. The van der Waals surface area contributed by atoms with Crippen LogP contribution in [-0.4, -0.2) is 54.0 Å². The number of hydrogen-bond donors (Lipinski definition) is 0. The summed E-state index contributed by atoms with van der Waals surface area (Å²) in [4.78, 5) is 41.0. The quantitative estimate of drug-likeness (QED) is 0.532. The molecule has 6 heteroatoms. The number of urea groups is 1. The van der Waals surface area contributed by atoms with E-state index in [-0.39, 0.29) is 6.04 Å². The smallest absolute Gasteiger partial charge is 0.293 e. The summed E-state index contributed by atoms with van der Waals surface area (Å²) in [5.74, 6) is -2.02. The van der Waals surface area contributed by atoms with Gasteiger partial charge in [-0.25, -0.2) is 4.79 Å². The van der Waals surface area contributed by atoms with Crippen molar-refractivity contribution in [3.05, 3.63) is 0 Å². The van der Waals surface area contributed by atoms with E-state index in [1.165, 1.54) is 20.3 Å². The highest BCUT2D eigenvalue weighted by Gasteiger charge is 2.41. The third-order valence-electron chi connectivity index (χ3n) is 2.85. The number of rotatable bonds is 3. The van der Waals surface area contributed by atoms with Crippen molar-refractivity contribution in [3.8, 4) is 0 Å². The van der Waals surface area contributed by atoms with E-state index >= 15 is 0 Å². The number of hydrogen-bond acceptors (Lipinski definition) is 4. The van der Waals surface area contributed by atoms with Crippen LogP contribution in [0.4, 0.5) is 4.79 Å². The van der Waals surface area contributed by atoms with Crippen LogP contribution in [0.25, 0.3) is 0 Å². The van der Waals surface area contributed by atoms with Gasteiger partial charge in [0.2, 0.25) is 11.8 Å². The van der Waals surface area contributed by atoms with Crippen LogP contribution >= 0.6 is 0 Å². The molecule has 0 saturated carbocycles. The highest BCUT2D eigenvalue weighted by molar-refractivity contribution is 6.23. The fraction of sp³-hybridized carbons (Fsp3) is 0.636. The predicted molar refractivity (Wildman–Crippen MR) is 62.7 cm³/mol. The summed E-state index contributed by atoms with van der Waals surface area (Å²) in [7, 11) is 2.72. The SMILES string of the molecule is CC[C@@H](C)N=CC1C(=O)N(C)C(=O)N(C)C1=O. The summed E-state index contributed by atoms with van der Waals surface area (Å²) in [6, 6.07) is -0.544. The van der Waals surface area contributed by atoms with Crippen LogP contribution in [0.3, 0.4) is 0 Å². The highest BCUT2D eigenvalue weighted by Crippen LogP contribution is 2.13. The number of carbonyl (C=O) groups is 3. The molecular formula is C11H17N3O3. The van der Waals surface area contributed by atoms with Gasteiger partial charge in [0.15, 0.2) is 5.92 Å². The van der Waals surface area contributed by atoms with Gasteiger partial charge in [-0.3, -0.25) is 24.4 Å². The molecule has 0 spiro atoms. The van der Waals surface area contributed by atoms with E-state index in [1.54, 1.807) is 0 Å². The Bertz CT molecular complexity index is 354. The van der Waals surface area contributed by atoms with Crippen LogP contribution in [-0.2, 0) is 9.59 Å². The molecule has 0 N–H and O–H groups in total. The van der Waals surface area contributed by atoms with Gasteiger partial charge in [0, 0.05) is 26.4 Å². The summed E-state index contributed by atoms with van der Waals surface area (Å²) in [6.07, 6.45) is 2.18. The van der Waals surface area contributed by atoms with Crippen molar-refractivity contribution >= 4 is 24.1 Å². The Balaban J connectivity index is 2.91. The van der Waals surface area contributed by atoms with E-state index in [0.29, 0.717) is 0 Å². The minimum Gasteiger partial charge on any atom is -0.293 e. The molecule has 0 aromatic carbocycles. The second kappa shape index (κ2) is 5.07. The molecule has 1 aliphatic rings. The average molecular weight is 239 g/mol. The summed E-state index contributed by atoms with van der Waals surface area (Å²) < 4.78 is 0. The summed E-state index contributed by atoms with van der Waals surface area (Å²) in [5.41, 5.74) is 0. The van der Waals surface area contributed by atoms with Crippen LogP contribution in [0, 0.1) is 5.92 Å². The molecule has 1 aliphatic heterocycles. The first-order chi connectivity index (χ1) is 7.90. The molecular weight excluding hydrogens is 222 g/mol. The van der Waals surface area contributed by atoms with E-state index in [0.717, 1.165) is 16.2 Å². The highest BCUT2D eigenvalue weighted by atomic mass is 16.2. The lowest BCUT2D eigenvalue weighted by atomic mass is 10.1. The second-order valence-corrected chi connectivity index (χ2v) is 4.11. The Morgan fingerprint density at radius 3 is 2.12 bits per heavy atom. The van der Waals surface area contributed by atoms with Crippen molar-refractivity contribution in [2.75, 3.05) is 14.1 Å². The topological polar surface area (TPSA) is 70.1 Å². The molecule has 0 unspecified atom stereocenters. The Hall–Kier alpha value is -1.72. The van der Waals surface area contributed by atoms with Gasteiger partial charge < -0.3 is 0 Å². The fourth-order valence-corrected chi connectivity index (χ4v) is 1.40. The molecule has 94 valence electrons. The third kappa shape index (κ3) is 2.51. The van der Waals surface area contributed by atoms with Crippen molar-refractivity contribution in [2.24, 2.45) is 10.9 Å². The zero-order chi connectivity index (χ0) is 13.2. The van der Waals surface area contributed by atoms with Crippen LogP contribution in [0.1, 0.15) is 20.3 Å². The van der Waals surface area contributed by atoms with E-state index in [1.807, 2.05) is 13.8 Å². The van der Waals surface area contributed by atoms with Crippen LogP contribution in [0.2, 0.25) is 0 Å². The third-order valence-corrected chi connectivity index (χ3v) is 2.85. The Kier molecular flexibility index (Phi) is 3.98. The summed E-state index contributed by atoms with van der Waals surface area (Å²) in [5, 5.41) is 0. The van der Waals surface area contributed by atoms with Gasteiger partial charge in [-0.05, 0) is 13.3 Å². The van der Waals surface area contributed by atoms with Crippen molar-refractivity contribution in [3.63, 3.8) is 0 Å². The molecule has 4 amide bonds. The Labute approximate surface area is 100 Å². The van der Waals surface area contributed by atoms with Crippen LogP contribution < -0.4 is 0 Å². The molecule has 1 saturated heterocycles. The van der Waals surface area contributed by atoms with Crippen LogP contribution in [0.5, 0.6) is 0 Å². The molecule has 1 rings (SSSR count). The van der Waals surface area contributed by atoms with E-state index in [9.17, 15) is 14.4 Å². The minimum atomic E-state index is -0.975. The largest absolute Gasteiger partial charge is 0.332 e. The molecule has 6 nitrogen and oxygen atoms in total. The van der Waals surface area contributed by atoms with Gasteiger partial charge in [-0.2, -0.15) is 0 Å². The van der Waals surface area contributed by atoms with Gasteiger partial charge >= 0.3 is 6.03 Å². The van der Waals surface area contributed by atoms with Crippen molar-refractivity contribution < 1.29 is 14.4 Å². The number of carbonyl (C=O) groups excluding carboxylic acids is 3. The standard InChI is InChI=1S/C11H17N3O3/c1-5-7(2)12-6-8-9(15)13(3)11(17)14(4)10(8)16/h6-8H,5H2,1-4H3/t7-/m1/s1. The lowest BCUT2D eigenvalue weighted by Crippen LogP contribution is -2.57. The first-order valence-corrected chi connectivity index (χ1v) is 5.52. The van der Waals surface area contributed by atoms with Crippen molar-refractivity contribution in [1.29, 1.82) is 0 Å². The van der Waals surface area contributed by atoms with Gasteiger partial charge in [0.05, 0.1) is 0 Å². The fourth-order valence-electron chi connectivity index (χ4n) is 1.40. The monoisotopic (exact) mass is 239 g/mol. The molecule has 0 aliphatic carbocycles. The Morgan fingerprint density at radius 1 is 1.24 bits per heavy atom. The molecule has 0 aromatic heterocycles. The van der Waals surface area contributed by atoms with E-state index in [2.05, 4.69) is 4.99 Å². The summed E-state index contributed by atoms with van der Waals surface area (Å²) >= 11 is 0. The molecule has 17 heavy (non-hydrogen) atoms.